The van der Waals surface area contributed by atoms with E-state index in [1.165, 1.54) is 5.56 Å². The summed E-state index contributed by atoms with van der Waals surface area (Å²) in [4.78, 5) is 30.1. The molecule has 0 atom stereocenters. The van der Waals surface area contributed by atoms with Crippen molar-refractivity contribution < 1.29 is 14.3 Å². The first-order valence-corrected chi connectivity index (χ1v) is 9.70. The highest BCUT2D eigenvalue weighted by molar-refractivity contribution is 6.00. The Bertz CT molecular complexity index is 802. The van der Waals surface area contributed by atoms with Crippen molar-refractivity contribution >= 4 is 11.9 Å². The van der Waals surface area contributed by atoms with E-state index in [9.17, 15) is 9.59 Å². The van der Waals surface area contributed by atoms with Gasteiger partial charge in [0.15, 0.2) is 0 Å². The fraction of sp³-hybridized carbons (Fsp3) is 0.455. The lowest BCUT2D eigenvalue weighted by Crippen LogP contribution is -2.39. The van der Waals surface area contributed by atoms with Gasteiger partial charge in [0.25, 0.3) is 5.91 Å². The van der Waals surface area contributed by atoms with Gasteiger partial charge in [-0.25, -0.2) is 4.79 Å². The first-order valence-electron chi connectivity index (χ1n) is 9.70. The number of carbonyl (C=O) groups excluding carboxylic acids is 2. The molecule has 0 saturated carbocycles. The van der Waals surface area contributed by atoms with Crippen LogP contribution in [0.4, 0.5) is 0 Å². The number of hydrogen-bond acceptors (Lipinski definition) is 3. The number of nitrogens with one attached hydrogen (secondary N) is 1. The second-order valence-electron chi connectivity index (χ2n) is 7.27. The van der Waals surface area contributed by atoms with Crippen LogP contribution in [-0.2, 0) is 11.2 Å². The number of esters is 1. The maximum Gasteiger partial charge on any atom is 0.340 e. The van der Waals surface area contributed by atoms with E-state index in [1.807, 2.05) is 24.8 Å². The number of benzene rings is 1. The van der Waals surface area contributed by atoms with Crippen LogP contribution in [0.25, 0.3) is 0 Å². The molecule has 5 nitrogen and oxygen atoms in total. The lowest BCUT2D eigenvalue weighted by Gasteiger charge is -2.32. The molecule has 5 heteroatoms. The van der Waals surface area contributed by atoms with Crippen molar-refractivity contribution in [3.05, 3.63) is 58.4 Å². The van der Waals surface area contributed by atoms with E-state index in [2.05, 4.69) is 29.2 Å². The highest BCUT2D eigenvalue weighted by Crippen LogP contribution is 2.25. The Morgan fingerprint density at radius 3 is 2.44 bits per heavy atom. The molecule has 1 saturated heterocycles. The summed E-state index contributed by atoms with van der Waals surface area (Å²) < 4.78 is 5.11. The molecule has 144 valence electrons. The van der Waals surface area contributed by atoms with E-state index >= 15 is 0 Å². The Labute approximate surface area is 160 Å². The van der Waals surface area contributed by atoms with Crippen molar-refractivity contribution in [1.29, 1.82) is 0 Å². The topological polar surface area (TPSA) is 62.4 Å². The molecule has 0 unspecified atom stereocenters. The van der Waals surface area contributed by atoms with Crippen LogP contribution in [0, 0.1) is 19.8 Å². The zero-order valence-corrected chi connectivity index (χ0v) is 16.4. The number of aryl methyl sites for hydroxylation is 1. The molecule has 1 aromatic heterocycles. The average Bonchev–Trinajstić information content (AvgIpc) is 2.97. The van der Waals surface area contributed by atoms with Crippen molar-refractivity contribution in [3.8, 4) is 0 Å². The van der Waals surface area contributed by atoms with Gasteiger partial charge in [0.2, 0.25) is 0 Å². The van der Waals surface area contributed by atoms with Gasteiger partial charge < -0.3 is 14.6 Å². The van der Waals surface area contributed by atoms with Gasteiger partial charge in [-0.05, 0) is 57.1 Å². The van der Waals surface area contributed by atoms with E-state index in [1.54, 1.807) is 6.92 Å². The summed E-state index contributed by atoms with van der Waals surface area (Å²) in [7, 11) is 0. The summed E-state index contributed by atoms with van der Waals surface area (Å²) in [6.45, 7) is 7.22. The number of H-pyrrole nitrogens is 1. The minimum Gasteiger partial charge on any atom is -0.462 e. The molecule has 1 aromatic carbocycles. The number of likely N-dealkylation sites (tertiary alicyclic amines) is 1. The first kappa shape index (κ1) is 19.2. The Balaban J connectivity index is 1.64. The molecular weight excluding hydrogens is 340 g/mol. The molecule has 1 aliphatic heterocycles. The molecule has 0 radical (unpaired) electrons. The number of aromatic amines is 1. The van der Waals surface area contributed by atoms with Crippen LogP contribution in [-0.4, -0.2) is 41.5 Å². The van der Waals surface area contributed by atoms with Gasteiger partial charge >= 0.3 is 5.97 Å². The molecule has 1 fully saturated rings. The zero-order chi connectivity index (χ0) is 19.4. The van der Waals surface area contributed by atoms with Crippen LogP contribution in [0.1, 0.15) is 57.4 Å². The van der Waals surface area contributed by atoms with Gasteiger partial charge in [-0.2, -0.15) is 0 Å². The molecule has 0 aliphatic carbocycles. The van der Waals surface area contributed by atoms with E-state index in [4.69, 9.17) is 4.74 Å². The summed E-state index contributed by atoms with van der Waals surface area (Å²) in [6.07, 6.45) is 3.07. The fourth-order valence-electron chi connectivity index (χ4n) is 3.92. The van der Waals surface area contributed by atoms with Crippen molar-refractivity contribution in [2.45, 2.75) is 40.0 Å². The number of piperidine rings is 1. The smallest absolute Gasteiger partial charge is 0.340 e. The highest BCUT2D eigenvalue weighted by Gasteiger charge is 2.28. The van der Waals surface area contributed by atoms with Crippen LogP contribution < -0.4 is 0 Å². The van der Waals surface area contributed by atoms with E-state index in [-0.39, 0.29) is 11.9 Å². The molecule has 27 heavy (non-hydrogen) atoms. The summed E-state index contributed by atoms with van der Waals surface area (Å²) in [5.41, 5.74) is 3.73. The second-order valence-corrected chi connectivity index (χ2v) is 7.27. The molecule has 2 aromatic rings. The first-order chi connectivity index (χ1) is 13.0. The van der Waals surface area contributed by atoms with Crippen LogP contribution >= 0.6 is 0 Å². The van der Waals surface area contributed by atoms with E-state index in [0.29, 0.717) is 35.0 Å². The minimum atomic E-state index is -0.371. The van der Waals surface area contributed by atoms with Crippen LogP contribution in [0.15, 0.2) is 30.3 Å². The van der Waals surface area contributed by atoms with Gasteiger partial charge in [0.1, 0.15) is 5.69 Å². The van der Waals surface area contributed by atoms with Gasteiger partial charge in [0, 0.05) is 18.8 Å². The van der Waals surface area contributed by atoms with E-state index < -0.39 is 0 Å². The Hall–Kier alpha value is -2.56. The molecule has 2 heterocycles. The summed E-state index contributed by atoms with van der Waals surface area (Å²) in [5, 5.41) is 0. The van der Waals surface area contributed by atoms with Gasteiger partial charge in [-0.3, -0.25) is 4.79 Å². The quantitative estimate of drug-likeness (QED) is 0.814. The number of nitrogens with zero attached hydrogens (tertiary/aromatic N) is 1. The maximum absolute atomic E-state index is 13.0. The Morgan fingerprint density at radius 1 is 1.15 bits per heavy atom. The lowest BCUT2D eigenvalue weighted by atomic mass is 9.90. The van der Waals surface area contributed by atoms with E-state index in [0.717, 1.165) is 32.4 Å². The summed E-state index contributed by atoms with van der Waals surface area (Å²) >= 11 is 0. The molecular formula is C22H28N2O3. The molecule has 0 bridgehead atoms. The predicted molar refractivity (Wildman–Crippen MR) is 105 cm³/mol. The van der Waals surface area contributed by atoms with Crippen molar-refractivity contribution in [2.75, 3.05) is 19.7 Å². The average molecular weight is 368 g/mol. The molecule has 1 N–H and O–H groups in total. The monoisotopic (exact) mass is 368 g/mol. The van der Waals surface area contributed by atoms with Crippen molar-refractivity contribution in [2.24, 2.45) is 5.92 Å². The predicted octanol–water partition coefficient (Wildman–Crippen LogP) is 3.90. The number of ether oxygens (including phenoxy) is 1. The number of carbonyl (C=O) groups is 2. The van der Waals surface area contributed by atoms with Crippen LogP contribution in [0.3, 0.4) is 0 Å². The number of rotatable bonds is 5. The SMILES string of the molecule is CCOC(=O)c1c(C)[nH]c(C(=O)N2CCC(Cc3ccccc3)CC2)c1C. The third-order valence-electron chi connectivity index (χ3n) is 5.40. The molecule has 1 amide bonds. The van der Waals surface area contributed by atoms with Gasteiger partial charge in [0.05, 0.1) is 12.2 Å². The molecule has 1 aliphatic rings. The number of aromatic nitrogens is 1. The summed E-state index contributed by atoms with van der Waals surface area (Å²) in [5.74, 6) is 0.215. The van der Waals surface area contributed by atoms with Gasteiger partial charge in [-0.15, -0.1) is 0 Å². The maximum atomic E-state index is 13.0. The Morgan fingerprint density at radius 2 is 1.81 bits per heavy atom. The fourth-order valence-corrected chi connectivity index (χ4v) is 3.92. The standard InChI is InChI=1S/C22H28N2O3/c1-4-27-22(26)19-15(2)20(23-16(19)3)21(25)24-12-10-18(11-13-24)14-17-8-6-5-7-9-17/h5-9,18,23H,4,10-14H2,1-3H3. The normalized spacial score (nSPS) is 15.0. The minimum absolute atomic E-state index is 0.0238. The highest BCUT2D eigenvalue weighted by atomic mass is 16.5. The van der Waals surface area contributed by atoms with Crippen molar-refractivity contribution in [1.82, 2.24) is 9.88 Å². The van der Waals surface area contributed by atoms with Gasteiger partial charge in [-0.1, -0.05) is 30.3 Å². The van der Waals surface area contributed by atoms with Crippen LogP contribution in [0.2, 0.25) is 0 Å². The number of amides is 1. The second kappa shape index (κ2) is 8.42. The van der Waals surface area contributed by atoms with Crippen LogP contribution in [0.5, 0.6) is 0 Å². The largest absolute Gasteiger partial charge is 0.462 e. The van der Waals surface area contributed by atoms with Crippen molar-refractivity contribution in [3.63, 3.8) is 0 Å². The summed E-state index contributed by atoms with van der Waals surface area (Å²) in [6, 6.07) is 10.5. The lowest BCUT2D eigenvalue weighted by molar-refractivity contribution is 0.0525. The third kappa shape index (κ3) is 4.24. The number of hydrogen-bond donors (Lipinski definition) is 1. The third-order valence-corrected chi connectivity index (χ3v) is 5.40. The molecule has 3 rings (SSSR count). The zero-order valence-electron chi connectivity index (χ0n) is 16.4. The molecule has 0 spiro atoms. The Kier molecular flexibility index (Phi) is 5.99.